The molecule has 0 bridgehead atoms. The molecule has 0 radical (unpaired) electrons. The molecule has 0 aliphatic heterocycles. The van der Waals surface area contributed by atoms with Crippen LogP contribution in [0, 0.1) is 18.3 Å². The van der Waals surface area contributed by atoms with Crippen molar-refractivity contribution < 1.29 is 21.8 Å². The molecule has 32 heavy (non-hydrogen) atoms. The van der Waals surface area contributed by atoms with E-state index >= 15 is 0 Å². The molecule has 4 rings (SSSR count). The number of methoxy groups -OCH3 is 1. The van der Waals surface area contributed by atoms with Gasteiger partial charge in [-0.3, -0.25) is 0 Å². The minimum atomic E-state index is -4.03. The maximum Gasteiger partial charge on any atom is 0.339 e. The highest BCUT2D eigenvalue weighted by Crippen LogP contribution is 2.32. The molecule has 3 aromatic carbocycles. The van der Waals surface area contributed by atoms with E-state index in [0.29, 0.717) is 16.7 Å². The Morgan fingerprint density at radius 3 is 2.50 bits per heavy atom. The molecule has 0 fully saturated rings. The molecule has 0 saturated heterocycles. The van der Waals surface area contributed by atoms with Gasteiger partial charge >= 0.3 is 10.1 Å². The number of hydrogen-bond donors (Lipinski definition) is 0. The zero-order valence-corrected chi connectivity index (χ0v) is 18.1. The van der Waals surface area contributed by atoms with E-state index < -0.39 is 10.1 Å². The molecule has 0 amide bonds. The quantitative estimate of drug-likeness (QED) is 0.304. The van der Waals surface area contributed by atoms with Gasteiger partial charge in [0.2, 0.25) is 5.89 Å². The van der Waals surface area contributed by atoms with Crippen LogP contribution in [0.5, 0.6) is 11.5 Å². The number of fused-ring (bicyclic) bond motifs is 1. The molecule has 7 nitrogen and oxygen atoms in total. The van der Waals surface area contributed by atoms with Crippen LogP contribution in [0.15, 0.2) is 76.0 Å². The summed E-state index contributed by atoms with van der Waals surface area (Å²) in [6.07, 6.45) is 1.57. The van der Waals surface area contributed by atoms with E-state index in [4.69, 9.17) is 13.3 Å². The third kappa shape index (κ3) is 4.33. The Kier molecular flexibility index (Phi) is 5.67. The topological polar surface area (TPSA) is 102 Å². The molecule has 1 aromatic heterocycles. The number of oxazole rings is 1. The lowest BCUT2D eigenvalue weighted by atomic mass is 10.1. The zero-order chi connectivity index (χ0) is 22.7. The summed E-state index contributed by atoms with van der Waals surface area (Å²) in [7, 11) is -2.63. The normalized spacial score (nSPS) is 11.8. The number of benzene rings is 3. The van der Waals surface area contributed by atoms with Gasteiger partial charge < -0.3 is 13.3 Å². The molecular weight excluding hydrogens is 428 g/mol. The number of aryl methyl sites for hydroxylation is 1. The first-order valence-corrected chi connectivity index (χ1v) is 11.0. The molecule has 0 saturated carbocycles. The van der Waals surface area contributed by atoms with Gasteiger partial charge in [-0.25, -0.2) is 4.98 Å². The van der Waals surface area contributed by atoms with Gasteiger partial charge in [-0.2, -0.15) is 13.7 Å². The summed E-state index contributed by atoms with van der Waals surface area (Å²) in [4.78, 5) is 4.37. The van der Waals surface area contributed by atoms with Gasteiger partial charge in [-0.1, -0.05) is 35.9 Å². The molecule has 4 aromatic rings. The lowest BCUT2D eigenvalue weighted by Crippen LogP contribution is -2.10. The van der Waals surface area contributed by atoms with Crippen LogP contribution in [0.4, 0.5) is 0 Å². The molecule has 1 heterocycles. The average molecular weight is 446 g/mol. The maximum atomic E-state index is 12.6. The lowest BCUT2D eigenvalue weighted by molar-refractivity contribution is 0.390. The third-order valence-corrected chi connectivity index (χ3v) is 5.90. The lowest BCUT2D eigenvalue weighted by Gasteiger charge is -2.11. The predicted octanol–water partition coefficient (Wildman–Crippen LogP) is 4.98. The first-order valence-electron chi connectivity index (χ1n) is 9.56. The van der Waals surface area contributed by atoms with Crippen molar-refractivity contribution in [3.8, 4) is 17.6 Å². The Labute approximate surface area is 185 Å². The van der Waals surface area contributed by atoms with E-state index in [1.54, 1.807) is 42.5 Å². The van der Waals surface area contributed by atoms with Crippen LogP contribution < -0.4 is 8.92 Å². The molecular formula is C24H18N2O5S. The number of hydrogen-bond acceptors (Lipinski definition) is 7. The molecule has 160 valence electrons. The number of rotatable bonds is 6. The largest absolute Gasteiger partial charge is 0.493 e. The molecule has 0 N–H and O–H groups in total. The van der Waals surface area contributed by atoms with Crippen molar-refractivity contribution in [2.75, 3.05) is 7.11 Å². The van der Waals surface area contributed by atoms with Crippen LogP contribution in [-0.2, 0) is 10.1 Å². The van der Waals surface area contributed by atoms with E-state index in [-0.39, 0.29) is 27.9 Å². The highest BCUT2D eigenvalue weighted by atomic mass is 32.2. The van der Waals surface area contributed by atoms with Crippen LogP contribution in [-0.4, -0.2) is 20.5 Å². The highest BCUT2D eigenvalue weighted by Gasteiger charge is 2.19. The Bertz CT molecular complexity index is 1430. The van der Waals surface area contributed by atoms with Gasteiger partial charge in [-0.15, -0.1) is 0 Å². The second-order valence-electron chi connectivity index (χ2n) is 6.92. The number of ether oxygens (including phenoxy) is 1. The summed E-state index contributed by atoms with van der Waals surface area (Å²) in [5.74, 6) is 0.421. The number of allylic oxidation sites excluding steroid dienone is 1. The summed E-state index contributed by atoms with van der Waals surface area (Å²) in [5.41, 5.74) is 2.95. The fourth-order valence-electron chi connectivity index (χ4n) is 3.01. The van der Waals surface area contributed by atoms with Gasteiger partial charge in [0.05, 0.1) is 7.11 Å². The second kappa shape index (κ2) is 8.57. The maximum absolute atomic E-state index is 12.6. The van der Waals surface area contributed by atoms with Crippen molar-refractivity contribution in [2.24, 2.45) is 0 Å². The molecule has 0 aliphatic rings. The van der Waals surface area contributed by atoms with Crippen molar-refractivity contribution in [3.63, 3.8) is 0 Å². The summed E-state index contributed by atoms with van der Waals surface area (Å²) in [6, 6.07) is 20.3. The van der Waals surface area contributed by atoms with Crippen molar-refractivity contribution in [1.29, 1.82) is 5.26 Å². The number of nitriles is 1. The highest BCUT2D eigenvalue weighted by molar-refractivity contribution is 7.87. The zero-order valence-electron chi connectivity index (χ0n) is 17.3. The Morgan fingerprint density at radius 1 is 1.06 bits per heavy atom. The fourth-order valence-corrected chi connectivity index (χ4v) is 3.95. The molecule has 0 unspecified atom stereocenters. The number of aromatic nitrogens is 1. The standard InChI is InChI=1S/C24H18N2O5S/c1-16-7-10-19(11-8-16)32(27,28)31-22-12-9-17(14-23(22)29-2)13-18(15-25)24-26-20-5-3-4-6-21(20)30-24/h3-14H,1-2H3/b18-13+. The first-order chi connectivity index (χ1) is 15.4. The van der Waals surface area contributed by atoms with Gasteiger partial charge in [0, 0.05) is 0 Å². The van der Waals surface area contributed by atoms with Crippen molar-refractivity contribution in [1.82, 2.24) is 4.98 Å². The molecule has 8 heteroatoms. The Morgan fingerprint density at radius 2 is 1.81 bits per heavy atom. The van der Waals surface area contributed by atoms with Crippen LogP contribution in [0.25, 0.3) is 22.7 Å². The van der Waals surface area contributed by atoms with Gasteiger partial charge in [0.1, 0.15) is 22.1 Å². The van der Waals surface area contributed by atoms with Crippen molar-refractivity contribution in [3.05, 3.63) is 83.7 Å². The van der Waals surface area contributed by atoms with Crippen molar-refractivity contribution >= 4 is 32.9 Å². The molecule has 0 aliphatic carbocycles. The predicted molar refractivity (Wildman–Crippen MR) is 119 cm³/mol. The average Bonchev–Trinajstić information content (AvgIpc) is 3.22. The smallest absolute Gasteiger partial charge is 0.339 e. The SMILES string of the molecule is COc1cc(/C=C(\C#N)c2nc3ccccc3o2)ccc1OS(=O)(=O)c1ccc(C)cc1. The number of para-hydroxylation sites is 2. The molecule has 0 spiro atoms. The molecule has 0 atom stereocenters. The minimum Gasteiger partial charge on any atom is -0.493 e. The Balaban J connectivity index is 1.65. The third-order valence-electron chi connectivity index (χ3n) is 4.65. The second-order valence-corrected chi connectivity index (χ2v) is 8.46. The Hall–Kier alpha value is -4.09. The van der Waals surface area contributed by atoms with Gasteiger partial charge in [0.25, 0.3) is 0 Å². The monoisotopic (exact) mass is 446 g/mol. The summed E-state index contributed by atoms with van der Waals surface area (Å²) < 4.78 is 41.5. The summed E-state index contributed by atoms with van der Waals surface area (Å²) >= 11 is 0. The van der Waals surface area contributed by atoms with Crippen LogP contribution in [0.1, 0.15) is 17.0 Å². The van der Waals surface area contributed by atoms with E-state index in [9.17, 15) is 13.7 Å². The van der Waals surface area contributed by atoms with E-state index in [1.807, 2.05) is 19.1 Å². The van der Waals surface area contributed by atoms with E-state index in [0.717, 1.165) is 5.56 Å². The fraction of sp³-hybridized carbons (Fsp3) is 0.0833. The summed E-state index contributed by atoms with van der Waals surface area (Å²) in [5, 5.41) is 9.59. The van der Waals surface area contributed by atoms with Gasteiger partial charge in [0.15, 0.2) is 17.1 Å². The van der Waals surface area contributed by atoms with E-state index in [1.165, 1.54) is 25.3 Å². The van der Waals surface area contributed by atoms with Gasteiger partial charge in [-0.05, 0) is 55.0 Å². The van der Waals surface area contributed by atoms with Crippen molar-refractivity contribution in [2.45, 2.75) is 11.8 Å². The minimum absolute atomic E-state index is 0.0330. The van der Waals surface area contributed by atoms with Crippen LogP contribution >= 0.6 is 0 Å². The van der Waals surface area contributed by atoms with E-state index in [2.05, 4.69) is 11.1 Å². The number of nitrogens with zero attached hydrogens (tertiary/aromatic N) is 2. The first kappa shape index (κ1) is 21.2. The van der Waals surface area contributed by atoms with Crippen LogP contribution in [0.2, 0.25) is 0 Å². The van der Waals surface area contributed by atoms with Crippen LogP contribution in [0.3, 0.4) is 0 Å². The summed E-state index contributed by atoms with van der Waals surface area (Å²) in [6.45, 7) is 1.86.